The highest BCUT2D eigenvalue weighted by Crippen LogP contribution is 2.07. The Morgan fingerprint density at radius 2 is 2.25 bits per heavy atom. The summed E-state index contributed by atoms with van der Waals surface area (Å²) in [4.78, 5) is 20.7. The average Bonchev–Trinajstić information content (AvgIpc) is 2.82. The first-order valence-corrected chi connectivity index (χ1v) is 7.47. The fourth-order valence-electron chi connectivity index (χ4n) is 2.08. The van der Waals surface area contributed by atoms with Gasteiger partial charge in [-0.05, 0) is 26.7 Å². The smallest absolute Gasteiger partial charge is 0.280 e. The van der Waals surface area contributed by atoms with Crippen LogP contribution in [0.3, 0.4) is 0 Å². The third-order valence-corrected chi connectivity index (χ3v) is 4.02. The number of aromatic nitrogens is 1. The minimum absolute atomic E-state index is 0.133. The lowest BCUT2D eigenvalue weighted by Crippen LogP contribution is -2.39. The Morgan fingerprint density at radius 3 is 2.90 bits per heavy atom. The lowest BCUT2D eigenvalue weighted by Gasteiger charge is -2.22. The van der Waals surface area contributed by atoms with Gasteiger partial charge in [-0.25, -0.2) is 4.98 Å². The van der Waals surface area contributed by atoms with Gasteiger partial charge in [0.25, 0.3) is 5.91 Å². The molecule has 108 valence electrons. The molecule has 1 aliphatic rings. The standard InChI is InChI=1S/C14H19N3O2S/c1-4-15-9(2)12-10(3)20-14(17-12)13(18)16-11-5-7-19-8-6-11/h4,11H,3,5-8H2,1-2H3,(H,16,18)/b12-9+,15-4?. The molecule has 0 aliphatic carbocycles. The first-order chi connectivity index (χ1) is 9.61. The Balaban J connectivity index is 2.17. The molecule has 1 aliphatic heterocycles. The highest BCUT2D eigenvalue weighted by atomic mass is 32.1. The molecule has 2 rings (SSSR count). The number of hydrogen-bond donors (Lipinski definition) is 1. The second kappa shape index (κ2) is 6.76. The van der Waals surface area contributed by atoms with Gasteiger partial charge >= 0.3 is 0 Å². The van der Waals surface area contributed by atoms with E-state index in [1.54, 1.807) is 6.21 Å². The number of aliphatic imine (C=N–C) groups is 1. The molecule has 0 aromatic carbocycles. The number of thiazole rings is 1. The molecule has 1 fully saturated rings. The van der Waals surface area contributed by atoms with Crippen molar-refractivity contribution in [1.82, 2.24) is 10.3 Å². The zero-order valence-electron chi connectivity index (χ0n) is 11.8. The summed E-state index contributed by atoms with van der Waals surface area (Å²) < 4.78 is 6.04. The fraction of sp³-hybridized carbons (Fsp3) is 0.500. The lowest BCUT2D eigenvalue weighted by atomic mass is 10.1. The third kappa shape index (κ3) is 3.52. The van der Waals surface area contributed by atoms with Crippen molar-refractivity contribution < 1.29 is 9.53 Å². The van der Waals surface area contributed by atoms with Crippen molar-refractivity contribution >= 4 is 35.7 Å². The van der Waals surface area contributed by atoms with Crippen molar-refractivity contribution in [2.24, 2.45) is 4.99 Å². The van der Waals surface area contributed by atoms with Crippen molar-refractivity contribution in [2.75, 3.05) is 13.2 Å². The molecule has 5 nitrogen and oxygen atoms in total. The Kier molecular flexibility index (Phi) is 5.03. The van der Waals surface area contributed by atoms with Gasteiger partial charge in [-0.2, -0.15) is 0 Å². The predicted octanol–water partition coefficient (Wildman–Crippen LogP) is 0.681. The fourth-order valence-corrected chi connectivity index (χ4v) is 2.89. The van der Waals surface area contributed by atoms with Crippen LogP contribution in [0.1, 0.15) is 36.5 Å². The largest absolute Gasteiger partial charge is 0.381 e. The Labute approximate surface area is 122 Å². The molecule has 2 heterocycles. The van der Waals surface area contributed by atoms with Gasteiger partial charge in [-0.1, -0.05) is 6.58 Å². The average molecular weight is 293 g/mol. The summed E-state index contributed by atoms with van der Waals surface area (Å²) in [6.07, 6.45) is 3.41. The van der Waals surface area contributed by atoms with Crippen molar-refractivity contribution in [1.29, 1.82) is 0 Å². The maximum atomic E-state index is 12.2. The van der Waals surface area contributed by atoms with Crippen molar-refractivity contribution in [3.63, 3.8) is 0 Å². The van der Waals surface area contributed by atoms with E-state index in [0.717, 1.165) is 23.1 Å². The summed E-state index contributed by atoms with van der Waals surface area (Å²) in [6.45, 7) is 9.05. The number of carbonyl (C=O) groups excluding carboxylic acids is 1. The van der Waals surface area contributed by atoms with Gasteiger partial charge in [-0.15, -0.1) is 11.3 Å². The molecule has 0 radical (unpaired) electrons. The molecule has 20 heavy (non-hydrogen) atoms. The first kappa shape index (κ1) is 14.9. The normalized spacial score (nSPS) is 18.3. The van der Waals surface area contributed by atoms with Crippen LogP contribution in [0.2, 0.25) is 0 Å². The number of ether oxygens (including phenoxy) is 1. The molecule has 1 N–H and O–H groups in total. The van der Waals surface area contributed by atoms with Gasteiger partial charge in [0, 0.05) is 30.0 Å². The van der Waals surface area contributed by atoms with Crippen LogP contribution in [0.15, 0.2) is 4.99 Å². The molecule has 1 aromatic heterocycles. The predicted molar refractivity (Wildman–Crippen MR) is 81.4 cm³/mol. The van der Waals surface area contributed by atoms with Crippen LogP contribution in [0.5, 0.6) is 0 Å². The minimum Gasteiger partial charge on any atom is -0.381 e. The van der Waals surface area contributed by atoms with Gasteiger partial charge in [0.15, 0.2) is 5.01 Å². The third-order valence-electron chi connectivity index (χ3n) is 3.11. The molecule has 1 aromatic rings. The Hall–Kier alpha value is -1.53. The van der Waals surface area contributed by atoms with E-state index in [0.29, 0.717) is 23.6 Å². The van der Waals surface area contributed by atoms with E-state index < -0.39 is 0 Å². The maximum absolute atomic E-state index is 12.2. The Bertz CT molecular complexity index is 615. The highest BCUT2D eigenvalue weighted by molar-refractivity contribution is 7.11. The minimum atomic E-state index is -0.133. The Morgan fingerprint density at radius 1 is 1.55 bits per heavy atom. The number of carbonyl (C=O) groups is 1. The molecule has 0 saturated carbocycles. The van der Waals surface area contributed by atoms with Crippen molar-refractivity contribution in [2.45, 2.75) is 32.7 Å². The van der Waals surface area contributed by atoms with Crippen LogP contribution >= 0.6 is 11.3 Å². The number of nitrogens with zero attached hydrogens (tertiary/aromatic N) is 2. The van der Waals surface area contributed by atoms with Gasteiger partial charge in [0.05, 0.1) is 5.70 Å². The molecule has 0 spiro atoms. The molecule has 6 heteroatoms. The highest BCUT2D eigenvalue weighted by Gasteiger charge is 2.18. The van der Waals surface area contributed by atoms with Gasteiger partial charge in [0.2, 0.25) is 0 Å². The summed E-state index contributed by atoms with van der Waals surface area (Å²) in [6, 6.07) is 0.176. The summed E-state index contributed by atoms with van der Waals surface area (Å²) in [5.74, 6) is -0.133. The first-order valence-electron chi connectivity index (χ1n) is 6.65. The van der Waals surface area contributed by atoms with Crippen LogP contribution in [0.4, 0.5) is 0 Å². The van der Waals surface area contributed by atoms with Crippen LogP contribution in [-0.2, 0) is 4.74 Å². The molecule has 0 atom stereocenters. The summed E-state index contributed by atoms with van der Waals surface area (Å²) >= 11 is 1.30. The van der Waals surface area contributed by atoms with E-state index in [2.05, 4.69) is 21.9 Å². The number of hydrogen-bond acceptors (Lipinski definition) is 5. The number of rotatable bonds is 3. The molecule has 1 saturated heterocycles. The quantitative estimate of drug-likeness (QED) is 0.834. The molecule has 0 unspecified atom stereocenters. The number of amides is 1. The van der Waals surface area contributed by atoms with E-state index in [-0.39, 0.29) is 11.9 Å². The van der Waals surface area contributed by atoms with Crippen molar-refractivity contribution in [3.05, 3.63) is 14.9 Å². The van der Waals surface area contributed by atoms with Gasteiger partial charge < -0.3 is 10.1 Å². The van der Waals surface area contributed by atoms with Gasteiger partial charge in [-0.3, -0.25) is 9.79 Å². The molecule has 1 amide bonds. The zero-order valence-corrected chi connectivity index (χ0v) is 12.6. The maximum Gasteiger partial charge on any atom is 0.280 e. The van der Waals surface area contributed by atoms with Crippen LogP contribution < -0.4 is 15.2 Å². The van der Waals surface area contributed by atoms with E-state index in [9.17, 15) is 4.79 Å². The van der Waals surface area contributed by atoms with E-state index in [1.807, 2.05) is 13.8 Å². The topological polar surface area (TPSA) is 63.6 Å². The van der Waals surface area contributed by atoms with E-state index in [1.165, 1.54) is 11.3 Å². The zero-order chi connectivity index (χ0) is 14.5. The molecular formula is C14H19N3O2S. The second-order valence-electron chi connectivity index (χ2n) is 4.62. The second-order valence-corrected chi connectivity index (χ2v) is 5.71. The van der Waals surface area contributed by atoms with E-state index in [4.69, 9.17) is 4.74 Å². The van der Waals surface area contributed by atoms with Crippen LogP contribution in [-0.4, -0.2) is 36.4 Å². The summed E-state index contributed by atoms with van der Waals surface area (Å²) in [7, 11) is 0. The summed E-state index contributed by atoms with van der Waals surface area (Å²) in [5, 5.41) is 4.15. The SMILES string of the molecule is C=c1sc(C(=O)NC2CCOCC2)n/c1=C(\C)N=CC. The van der Waals surface area contributed by atoms with E-state index >= 15 is 0 Å². The van der Waals surface area contributed by atoms with Crippen LogP contribution in [0, 0.1) is 0 Å². The lowest BCUT2D eigenvalue weighted by molar-refractivity contribution is 0.0696. The number of nitrogens with one attached hydrogen (secondary N) is 1. The molecule has 0 bridgehead atoms. The van der Waals surface area contributed by atoms with Crippen LogP contribution in [0.25, 0.3) is 12.3 Å². The monoisotopic (exact) mass is 293 g/mol. The van der Waals surface area contributed by atoms with Gasteiger partial charge in [0.1, 0.15) is 5.35 Å². The summed E-state index contributed by atoms with van der Waals surface area (Å²) in [5.41, 5.74) is 0.777. The van der Waals surface area contributed by atoms with Crippen molar-refractivity contribution in [3.8, 4) is 0 Å². The molecular weight excluding hydrogens is 274 g/mol.